The van der Waals surface area contributed by atoms with Gasteiger partial charge >= 0.3 is 0 Å². The molecule has 0 aliphatic rings. The van der Waals surface area contributed by atoms with Gasteiger partial charge in [0.2, 0.25) is 0 Å². The molecule has 1 N–H and O–H groups in total. The summed E-state index contributed by atoms with van der Waals surface area (Å²) in [6.07, 6.45) is 0. The second-order valence-electron chi connectivity index (χ2n) is 3.80. The van der Waals surface area contributed by atoms with Crippen LogP contribution in [0.4, 0.5) is 0 Å². The van der Waals surface area contributed by atoms with Gasteiger partial charge in [0.1, 0.15) is 5.75 Å². The minimum absolute atomic E-state index is 0.185. The first-order valence-corrected chi connectivity index (χ1v) is 4.92. The predicted molar refractivity (Wildman–Crippen MR) is 58.8 cm³/mol. The van der Waals surface area contributed by atoms with Gasteiger partial charge in [-0.15, -0.1) is 0 Å². The maximum atomic E-state index is 9.33. The molecule has 16 heavy (non-hydrogen) atoms. The number of phenolic OH excluding ortho intramolecular Hbond substituents is 1. The molecule has 0 fully saturated rings. The summed E-state index contributed by atoms with van der Waals surface area (Å²) in [6.45, 7) is 0.627. The highest BCUT2D eigenvalue weighted by atomic mass is 16.5. The fourth-order valence-electron chi connectivity index (χ4n) is 1.36. The molecule has 1 heterocycles. The molecular weight excluding hydrogens is 206 g/mol. The molecular formula is C11H13N3O2. The molecule has 1 aromatic carbocycles. The third-order valence-corrected chi connectivity index (χ3v) is 2.02. The van der Waals surface area contributed by atoms with Gasteiger partial charge < -0.3 is 14.5 Å². The molecule has 0 amide bonds. The summed E-state index contributed by atoms with van der Waals surface area (Å²) >= 11 is 0. The SMILES string of the molecule is CN(C)Cc1noc(-c2cccc(O)c2)n1. The van der Waals surface area contributed by atoms with E-state index in [0.717, 1.165) is 5.56 Å². The number of benzene rings is 1. The van der Waals surface area contributed by atoms with Crippen molar-refractivity contribution in [2.24, 2.45) is 0 Å². The topological polar surface area (TPSA) is 62.4 Å². The Bertz CT molecular complexity index is 480. The summed E-state index contributed by atoms with van der Waals surface area (Å²) in [5.41, 5.74) is 0.720. The smallest absolute Gasteiger partial charge is 0.258 e. The lowest BCUT2D eigenvalue weighted by atomic mass is 10.2. The molecule has 84 valence electrons. The maximum Gasteiger partial charge on any atom is 0.258 e. The zero-order valence-corrected chi connectivity index (χ0v) is 9.21. The Morgan fingerprint density at radius 2 is 2.19 bits per heavy atom. The Morgan fingerprint density at radius 3 is 2.88 bits per heavy atom. The number of aromatic hydroxyl groups is 1. The van der Waals surface area contributed by atoms with Crippen LogP contribution in [0.5, 0.6) is 5.75 Å². The number of phenols is 1. The molecule has 0 saturated carbocycles. The zero-order valence-electron chi connectivity index (χ0n) is 9.21. The number of aromatic nitrogens is 2. The van der Waals surface area contributed by atoms with Crippen LogP contribution in [0.25, 0.3) is 11.5 Å². The van der Waals surface area contributed by atoms with E-state index in [9.17, 15) is 5.11 Å². The van der Waals surface area contributed by atoms with Gasteiger partial charge in [-0.2, -0.15) is 4.98 Å². The Balaban J connectivity index is 2.24. The molecule has 0 saturated heterocycles. The highest BCUT2D eigenvalue weighted by molar-refractivity contribution is 5.55. The summed E-state index contributed by atoms with van der Waals surface area (Å²) in [5.74, 6) is 1.24. The molecule has 0 aliphatic carbocycles. The van der Waals surface area contributed by atoms with E-state index in [2.05, 4.69) is 10.1 Å². The molecule has 5 heteroatoms. The fraction of sp³-hybridized carbons (Fsp3) is 0.273. The van der Waals surface area contributed by atoms with Crippen molar-refractivity contribution >= 4 is 0 Å². The van der Waals surface area contributed by atoms with Crippen LogP contribution in [-0.2, 0) is 6.54 Å². The number of hydrogen-bond acceptors (Lipinski definition) is 5. The highest BCUT2D eigenvalue weighted by Crippen LogP contribution is 2.21. The van der Waals surface area contributed by atoms with Gasteiger partial charge in [-0.3, -0.25) is 0 Å². The van der Waals surface area contributed by atoms with Gasteiger partial charge in [0, 0.05) is 5.56 Å². The van der Waals surface area contributed by atoms with Crippen molar-refractivity contribution in [3.05, 3.63) is 30.1 Å². The van der Waals surface area contributed by atoms with E-state index in [0.29, 0.717) is 18.3 Å². The Kier molecular flexibility index (Phi) is 2.87. The van der Waals surface area contributed by atoms with Gasteiger partial charge in [0.05, 0.1) is 6.54 Å². The minimum atomic E-state index is 0.185. The molecule has 0 spiro atoms. The Morgan fingerprint density at radius 1 is 1.38 bits per heavy atom. The van der Waals surface area contributed by atoms with E-state index in [1.165, 1.54) is 0 Å². The third-order valence-electron chi connectivity index (χ3n) is 2.02. The fourth-order valence-corrected chi connectivity index (χ4v) is 1.36. The van der Waals surface area contributed by atoms with E-state index >= 15 is 0 Å². The number of hydrogen-bond donors (Lipinski definition) is 1. The lowest BCUT2D eigenvalue weighted by molar-refractivity contribution is 0.365. The first-order valence-electron chi connectivity index (χ1n) is 4.92. The van der Waals surface area contributed by atoms with E-state index in [1.807, 2.05) is 25.1 Å². The van der Waals surface area contributed by atoms with E-state index in [-0.39, 0.29) is 5.75 Å². The van der Waals surface area contributed by atoms with Crippen LogP contribution in [0.3, 0.4) is 0 Å². The van der Waals surface area contributed by atoms with Crippen molar-refractivity contribution in [1.29, 1.82) is 0 Å². The lowest BCUT2D eigenvalue weighted by Crippen LogP contribution is -2.11. The maximum absolute atomic E-state index is 9.33. The normalized spacial score (nSPS) is 10.9. The van der Waals surface area contributed by atoms with Crippen LogP contribution in [0.1, 0.15) is 5.82 Å². The van der Waals surface area contributed by atoms with Crippen molar-refractivity contribution in [1.82, 2.24) is 15.0 Å². The van der Waals surface area contributed by atoms with Crippen LogP contribution in [-0.4, -0.2) is 34.2 Å². The highest BCUT2D eigenvalue weighted by Gasteiger charge is 2.09. The van der Waals surface area contributed by atoms with Crippen LogP contribution in [0.2, 0.25) is 0 Å². The molecule has 0 bridgehead atoms. The summed E-state index contributed by atoms with van der Waals surface area (Å²) in [4.78, 5) is 6.19. The number of nitrogens with zero attached hydrogens (tertiary/aromatic N) is 3. The van der Waals surface area contributed by atoms with E-state index < -0.39 is 0 Å². The van der Waals surface area contributed by atoms with Crippen LogP contribution in [0.15, 0.2) is 28.8 Å². The standard InChI is InChI=1S/C11H13N3O2/c1-14(2)7-10-12-11(16-13-10)8-4-3-5-9(15)6-8/h3-6,15H,7H2,1-2H3. The summed E-state index contributed by atoms with van der Waals surface area (Å²) < 4.78 is 5.11. The van der Waals surface area contributed by atoms with Gasteiger partial charge in [-0.1, -0.05) is 11.2 Å². The van der Waals surface area contributed by atoms with Crippen LogP contribution >= 0.6 is 0 Å². The van der Waals surface area contributed by atoms with Crippen molar-refractivity contribution in [3.8, 4) is 17.2 Å². The van der Waals surface area contributed by atoms with Crippen molar-refractivity contribution in [2.45, 2.75) is 6.54 Å². The van der Waals surface area contributed by atoms with Crippen LogP contribution in [0, 0.1) is 0 Å². The molecule has 0 radical (unpaired) electrons. The van der Waals surface area contributed by atoms with Crippen molar-refractivity contribution in [3.63, 3.8) is 0 Å². The van der Waals surface area contributed by atoms with Crippen LogP contribution < -0.4 is 0 Å². The first kappa shape index (κ1) is 10.6. The lowest BCUT2D eigenvalue weighted by Gasteiger charge is -2.03. The molecule has 0 aliphatic heterocycles. The average molecular weight is 219 g/mol. The van der Waals surface area contributed by atoms with E-state index in [4.69, 9.17) is 4.52 Å². The van der Waals surface area contributed by atoms with E-state index in [1.54, 1.807) is 18.2 Å². The van der Waals surface area contributed by atoms with Crippen molar-refractivity contribution < 1.29 is 9.63 Å². The van der Waals surface area contributed by atoms with Gasteiger partial charge in [-0.05, 0) is 32.3 Å². The first-order chi connectivity index (χ1) is 7.65. The number of rotatable bonds is 3. The second-order valence-corrected chi connectivity index (χ2v) is 3.80. The Hall–Kier alpha value is -1.88. The second kappa shape index (κ2) is 4.32. The average Bonchev–Trinajstić information content (AvgIpc) is 2.65. The Labute approximate surface area is 93.3 Å². The molecule has 5 nitrogen and oxygen atoms in total. The van der Waals surface area contributed by atoms with Gasteiger partial charge in [-0.25, -0.2) is 0 Å². The summed E-state index contributed by atoms with van der Waals surface area (Å²) in [5, 5.41) is 13.2. The monoisotopic (exact) mass is 219 g/mol. The molecule has 2 aromatic rings. The third kappa shape index (κ3) is 2.38. The largest absolute Gasteiger partial charge is 0.508 e. The molecule has 0 unspecified atom stereocenters. The summed E-state index contributed by atoms with van der Waals surface area (Å²) in [6, 6.07) is 6.74. The van der Waals surface area contributed by atoms with Gasteiger partial charge in [0.15, 0.2) is 5.82 Å². The quantitative estimate of drug-likeness (QED) is 0.847. The zero-order chi connectivity index (χ0) is 11.5. The molecule has 1 aromatic heterocycles. The predicted octanol–water partition coefficient (Wildman–Crippen LogP) is 1.50. The minimum Gasteiger partial charge on any atom is -0.508 e. The molecule has 2 rings (SSSR count). The summed E-state index contributed by atoms with van der Waals surface area (Å²) in [7, 11) is 3.87. The van der Waals surface area contributed by atoms with Gasteiger partial charge in [0.25, 0.3) is 5.89 Å². The van der Waals surface area contributed by atoms with Crippen molar-refractivity contribution in [2.75, 3.05) is 14.1 Å². The molecule has 0 atom stereocenters.